The average Bonchev–Trinajstić information content (AvgIpc) is 2.04. The number of rotatable bonds is 4. The zero-order valence-electron chi connectivity index (χ0n) is 8.71. The number of carboxylic acid groups (broad SMARTS) is 1. The molecular weight excluding hydrogens is 219 g/mol. The van der Waals surface area contributed by atoms with Crippen LogP contribution in [0, 0.1) is 0 Å². The van der Waals surface area contributed by atoms with Crippen molar-refractivity contribution in [1.82, 2.24) is 0 Å². The van der Waals surface area contributed by atoms with E-state index in [9.17, 15) is 17.8 Å². The molecule has 0 amide bonds. The van der Waals surface area contributed by atoms with Gasteiger partial charge in [-0.25, -0.2) is 13.2 Å². The van der Waals surface area contributed by atoms with Gasteiger partial charge in [-0.1, -0.05) is 19.9 Å². The van der Waals surface area contributed by atoms with Crippen molar-refractivity contribution in [3.63, 3.8) is 0 Å². The summed E-state index contributed by atoms with van der Waals surface area (Å²) in [5.74, 6) is -0.981. The van der Waals surface area contributed by atoms with Crippen molar-refractivity contribution in [2.75, 3.05) is 0 Å². The molecule has 1 atom stereocenters. The van der Waals surface area contributed by atoms with Crippen LogP contribution in [0.4, 0.5) is 0 Å². The fourth-order valence-electron chi connectivity index (χ4n) is 0.391. The van der Waals surface area contributed by atoms with Gasteiger partial charge < -0.3 is 14.8 Å². The summed E-state index contributed by atoms with van der Waals surface area (Å²) in [5.41, 5.74) is -1.72. The van der Waals surface area contributed by atoms with Gasteiger partial charge in [0.15, 0.2) is 0 Å². The molecule has 0 spiro atoms. The van der Waals surface area contributed by atoms with Gasteiger partial charge in [-0.05, 0) is 6.42 Å². The van der Waals surface area contributed by atoms with E-state index in [-0.39, 0.29) is 25.3 Å². The van der Waals surface area contributed by atoms with Gasteiger partial charge in [-0.2, -0.15) is 0 Å². The zero-order valence-corrected chi connectivity index (χ0v) is 9.53. The minimum Gasteiger partial charge on any atom is -0.746 e. The molecule has 15 heavy (non-hydrogen) atoms. The molecule has 2 N–H and O–H groups in total. The van der Waals surface area contributed by atoms with E-state index in [1.807, 2.05) is 0 Å². The molecule has 0 aliphatic rings. The number of aliphatic carboxylic acids is 1. The molecule has 0 aliphatic carbocycles. The third-order valence-electron chi connectivity index (χ3n) is 1.04. The first-order valence-corrected chi connectivity index (χ1v) is 5.21. The predicted molar refractivity (Wildman–Crippen MR) is 48.4 cm³/mol. The Hall–Kier alpha value is -0.323. The van der Waals surface area contributed by atoms with Crippen LogP contribution >= 0.6 is 0 Å². The molecule has 0 aromatic heterocycles. The van der Waals surface area contributed by atoms with Crippen LogP contribution in [-0.2, 0) is 14.9 Å². The van der Waals surface area contributed by atoms with E-state index in [2.05, 4.69) is 6.58 Å². The third-order valence-corrected chi connectivity index (χ3v) is 1.95. The Bertz CT molecular complexity index is 273. The van der Waals surface area contributed by atoms with Crippen LogP contribution in [0.1, 0.15) is 19.8 Å². The fourth-order valence-corrected chi connectivity index (χ4v) is 0.916. The minimum absolute atomic E-state index is 0. The van der Waals surface area contributed by atoms with Crippen LogP contribution in [0.2, 0.25) is 0 Å². The second-order valence-electron chi connectivity index (χ2n) is 2.28. The Labute approximate surface area is 101 Å². The molecular formula is C7H13LiO6S. The second kappa shape index (κ2) is 10.2. The van der Waals surface area contributed by atoms with Crippen LogP contribution in [-0.4, -0.2) is 34.6 Å². The van der Waals surface area contributed by atoms with Gasteiger partial charge in [0, 0.05) is 6.08 Å². The second-order valence-corrected chi connectivity index (χ2v) is 3.81. The van der Waals surface area contributed by atoms with Crippen molar-refractivity contribution in [3.8, 4) is 0 Å². The van der Waals surface area contributed by atoms with Crippen LogP contribution in [0.15, 0.2) is 12.7 Å². The van der Waals surface area contributed by atoms with Crippen LogP contribution < -0.4 is 18.9 Å². The summed E-state index contributed by atoms with van der Waals surface area (Å²) in [6.45, 7) is 4.65. The summed E-state index contributed by atoms with van der Waals surface area (Å²) in [6, 6.07) is 0. The van der Waals surface area contributed by atoms with Crippen molar-refractivity contribution >= 4 is 16.1 Å². The van der Waals surface area contributed by atoms with Crippen molar-refractivity contribution in [2.45, 2.75) is 25.2 Å². The molecule has 0 saturated carbocycles. The van der Waals surface area contributed by atoms with E-state index < -0.39 is 21.5 Å². The molecule has 0 radical (unpaired) electrons. The van der Waals surface area contributed by atoms with Crippen LogP contribution in [0.5, 0.6) is 0 Å². The molecule has 0 aliphatic heterocycles. The zero-order chi connectivity index (χ0) is 11.8. The van der Waals surface area contributed by atoms with Crippen molar-refractivity contribution < 1.29 is 46.8 Å². The Balaban J connectivity index is -0.000000208. The Kier molecular flexibility index (Phi) is 13.7. The number of carboxylic acids is 1. The van der Waals surface area contributed by atoms with Crippen molar-refractivity contribution in [3.05, 3.63) is 12.7 Å². The molecule has 1 unspecified atom stereocenters. The summed E-state index contributed by atoms with van der Waals surface area (Å²) in [5, 5.41) is 16.1. The number of carbonyl (C=O) groups is 1. The first-order valence-electron chi connectivity index (χ1n) is 3.73. The molecule has 0 fully saturated rings. The number of aliphatic hydroxyl groups excluding tert-OH is 1. The van der Waals surface area contributed by atoms with Crippen molar-refractivity contribution in [1.29, 1.82) is 0 Å². The number of hydrogen-bond donors (Lipinski definition) is 2. The quantitative estimate of drug-likeness (QED) is 0.301. The van der Waals surface area contributed by atoms with Gasteiger partial charge in [-0.15, -0.1) is 0 Å². The van der Waals surface area contributed by atoms with E-state index >= 15 is 0 Å². The van der Waals surface area contributed by atoms with E-state index in [0.29, 0.717) is 6.42 Å². The number of hydrogen-bond acceptors (Lipinski definition) is 5. The van der Waals surface area contributed by atoms with Crippen LogP contribution in [0.3, 0.4) is 0 Å². The number of aliphatic hydroxyl groups is 1. The maximum Gasteiger partial charge on any atom is 1.00 e. The Morgan fingerprint density at radius 3 is 2.00 bits per heavy atom. The largest absolute Gasteiger partial charge is 1.00 e. The average molecular weight is 232 g/mol. The summed E-state index contributed by atoms with van der Waals surface area (Å²) in [7, 11) is -4.46. The third kappa shape index (κ3) is 16.4. The van der Waals surface area contributed by atoms with Gasteiger partial charge in [0.05, 0.1) is 0 Å². The Morgan fingerprint density at radius 2 is 1.93 bits per heavy atom. The predicted octanol–water partition coefficient (Wildman–Crippen LogP) is -3.09. The topological polar surface area (TPSA) is 115 Å². The molecule has 8 heteroatoms. The summed E-state index contributed by atoms with van der Waals surface area (Å²) >= 11 is 0. The van der Waals surface area contributed by atoms with E-state index in [4.69, 9.17) is 10.2 Å². The fraction of sp³-hybridized carbons (Fsp3) is 0.571. The van der Waals surface area contributed by atoms with Gasteiger partial charge in [0.1, 0.15) is 15.6 Å². The molecule has 84 valence electrons. The Morgan fingerprint density at radius 1 is 1.60 bits per heavy atom. The maximum absolute atomic E-state index is 9.92. The molecule has 0 aromatic carbocycles. The first-order chi connectivity index (χ1) is 6.25. The molecule has 0 heterocycles. The SMILES string of the molecule is C=CC(=O)O.CCCC(O)S(=O)(=O)[O-].[Li+]. The van der Waals surface area contributed by atoms with Gasteiger partial charge in [0.2, 0.25) is 0 Å². The minimum atomic E-state index is -4.46. The van der Waals surface area contributed by atoms with Gasteiger partial charge in [0.25, 0.3) is 0 Å². The standard InChI is InChI=1S/C4H10O4S.C3H4O2.Li/c1-2-3-4(5)9(6,7)8;1-2-3(4)5;/h4-5H,2-3H2,1H3,(H,6,7,8);2H,1H2,(H,4,5);/q;;+1/p-1. The molecule has 0 aromatic rings. The van der Waals surface area contributed by atoms with Gasteiger partial charge >= 0.3 is 24.8 Å². The smallest absolute Gasteiger partial charge is 0.746 e. The molecule has 0 bridgehead atoms. The summed E-state index contributed by atoms with van der Waals surface area (Å²) in [6.07, 6.45) is 1.34. The first kappa shape index (κ1) is 20.1. The van der Waals surface area contributed by atoms with Crippen LogP contribution in [0.25, 0.3) is 0 Å². The van der Waals surface area contributed by atoms with E-state index in [1.165, 1.54) is 0 Å². The normalized spacial score (nSPS) is 11.4. The molecule has 0 rings (SSSR count). The van der Waals surface area contributed by atoms with Crippen molar-refractivity contribution in [2.24, 2.45) is 0 Å². The monoisotopic (exact) mass is 232 g/mol. The van der Waals surface area contributed by atoms with Gasteiger partial charge in [-0.3, -0.25) is 0 Å². The summed E-state index contributed by atoms with van der Waals surface area (Å²) < 4.78 is 29.7. The molecule has 0 saturated heterocycles. The molecule has 6 nitrogen and oxygen atoms in total. The maximum atomic E-state index is 9.92. The summed E-state index contributed by atoms with van der Waals surface area (Å²) in [4.78, 5) is 9.25. The van der Waals surface area contributed by atoms with E-state index in [1.54, 1.807) is 6.92 Å². The van der Waals surface area contributed by atoms with E-state index in [0.717, 1.165) is 6.08 Å².